The third-order valence-corrected chi connectivity index (χ3v) is 2.87. The monoisotopic (exact) mass is 205 g/mol. The second-order valence-electron chi connectivity index (χ2n) is 4.39. The Bertz CT molecular complexity index is 322. The number of rotatable bonds is 3. The van der Waals surface area contributed by atoms with Gasteiger partial charge in [-0.25, -0.2) is 0 Å². The highest BCUT2D eigenvalue weighted by Gasteiger charge is 2.20. The van der Waals surface area contributed by atoms with E-state index >= 15 is 0 Å². The first-order valence-electron chi connectivity index (χ1n) is 5.72. The van der Waals surface area contributed by atoms with Gasteiger partial charge < -0.3 is 10.5 Å². The van der Waals surface area contributed by atoms with Crippen molar-refractivity contribution in [3.63, 3.8) is 0 Å². The molecule has 0 radical (unpaired) electrons. The van der Waals surface area contributed by atoms with E-state index in [-0.39, 0.29) is 12.1 Å². The number of hydrogen-bond donors (Lipinski definition) is 1. The van der Waals surface area contributed by atoms with Crippen LogP contribution in [0.5, 0.6) is 0 Å². The Hall–Kier alpha value is -0.860. The largest absolute Gasteiger partial charge is 0.372 e. The SMILES string of the molecule is C[C@H](N)COC1CCCc2ccccc21. The molecule has 0 fully saturated rings. The Balaban J connectivity index is 2.08. The van der Waals surface area contributed by atoms with Crippen LogP contribution in [0.4, 0.5) is 0 Å². The Morgan fingerprint density at radius 3 is 3.07 bits per heavy atom. The molecule has 0 aromatic heterocycles. The van der Waals surface area contributed by atoms with Gasteiger partial charge in [0.2, 0.25) is 0 Å². The molecule has 0 saturated heterocycles. The van der Waals surface area contributed by atoms with Gasteiger partial charge in [-0.1, -0.05) is 24.3 Å². The highest BCUT2D eigenvalue weighted by molar-refractivity contribution is 5.31. The van der Waals surface area contributed by atoms with Crippen molar-refractivity contribution in [1.29, 1.82) is 0 Å². The van der Waals surface area contributed by atoms with Gasteiger partial charge in [-0.2, -0.15) is 0 Å². The van der Waals surface area contributed by atoms with Crippen molar-refractivity contribution in [3.8, 4) is 0 Å². The Kier molecular flexibility index (Phi) is 3.39. The smallest absolute Gasteiger partial charge is 0.0828 e. The van der Waals surface area contributed by atoms with Crippen LogP contribution in [0.15, 0.2) is 24.3 Å². The van der Waals surface area contributed by atoms with E-state index in [9.17, 15) is 0 Å². The molecule has 2 atom stereocenters. The maximum Gasteiger partial charge on any atom is 0.0828 e. The predicted octanol–water partition coefficient (Wildman–Crippen LogP) is 2.43. The van der Waals surface area contributed by atoms with E-state index < -0.39 is 0 Å². The molecule has 1 aliphatic rings. The molecule has 1 aromatic rings. The minimum atomic E-state index is 0.124. The molecule has 1 aliphatic carbocycles. The van der Waals surface area contributed by atoms with Gasteiger partial charge >= 0.3 is 0 Å². The second kappa shape index (κ2) is 4.77. The van der Waals surface area contributed by atoms with Crippen molar-refractivity contribution in [1.82, 2.24) is 0 Å². The average molecular weight is 205 g/mol. The van der Waals surface area contributed by atoms with Gasteiger partial charge in [0.15, 0.2) is 0 Å². The highest BCUT2D eigenvalue weighted by Crippen LogP contribution is 2.32. The minimum absolute atomic E-state index is 0.124. The van der Waals surface area contributed by atoms with E-state index in [1.165, 1.54) is 24.0 Å². The van der Waals surface area contributed by atoms with Crippen molar-refractivity contribution < 1.29 is 4.74 Å². The first-order valence-corrected chi connectivity index (χ1v) is 5.72. The first-order chi connectivity index (χ1) is 7.27. The Morgan fingerprint density at radius 1 is 1.47 bits per heavy atom. The fourth-order valence-electron chi connectivity index (χ4n) is 2.15. The van der Waals surface area contributed by atoms with Gasteiger partial charge in [-0.05, 0) is 37.3 Å². The molecule has 0 heterocycles. The Labute approximate surface area is 91.4 Å². The molecule has 0 spiro atoms. The summed E-state index contributed by atoms with van der Waals surface area (Å²) >= 11 is 0. The van der Waals surface area contributed by atoms with Gasteiger partial charge in [0.05, 0.1) is 12.7 Å². The maximum atomic E-state index is 5.85. The van der Waals surface area contributed by atoms with Crippen LogP contribution in [-0.2, 0) is 11.2 Å². The minimum Gasteiger partial charge on any atom is -0.372 e. The summed E-state index contributed by atoms with van der Waals surface area (Å²) in [5, 5.41) is 0. The van der Waals surface area contributed by atoms with Gasteiger partial charge in [-0.15, -0.1) is 0 Å². The number of nitrogens with two attached hydrogens (primary N) is 1. The quantitative estimate of drug-likeness (QED) is 0.822. The fraction of sp³-hybridized carbons (Fsp3) is 0.538. The van der Waals surface area contributed by atoms with E-state index in [0.29, 0.717) is 6.61 Å². The van der Waals surface area contributed by atoms with Crippen LogP contribution in [0.2, 0.25) is 0 Å². The first kappa shape index (κ1) is 10.7. The number of hydrogen-bond acceptors (Lipinski definition) is 2. The lowest BCUT2D eigenvalue weighted by Crippen LogP contribution is -2.24. The van der Waals surface area contributed by atoms with Crippen LogP contribution < -0.4 is 5.73 Å². The molecule has 82 valence electrons. The van der Waals surface area contributed by atoms with Crippen molar-refractivity contribution >= 4 is 0 Å². The molecule has 2 nitrogen and oxygen atoms in total. The number of benzene rings is 1. The summed E-state index contributed by atoms with van der Waals surface area (Å²) in [6.07, 6.45) is 3.81. The van der Waals surface area contributed by atoms with Crippen LogP contribution >= 0.6 is 0 Å². The van der Waals surface area contributed by atoms with Crippen LogP contribution in [-0.4, -0.2) is 12.6 Å². The molecular weight excluding hydrogens is 186 g/mol. The van der Waals surface area contributed by atoms with Crippen molar-refractivity contribution in [3.05, 3.63) is 35.4 Å². The molecule has 2 heteroatoms. The summed E-state index contributed by atoms with van der Waals surface area (Å²) in [5.74, 6) is 0. The van der Waals surface area contributed by atoms with E-state index in [2.05, 4.69) is 24.3 Å². The molecule has 0 bridgehead atoms. The zero-order chi connectivity index (χ0) is 10.7. The maximum absolute atomic E-state index is 5.85. The third kappa shape index (κ3) is 2.58. The molecule has 0 amide bonds. The van der Waals surface area contributed by atoms with Crippen LogP contribution in [0.3, 0.4) is 0 Å². The summed E-state index contributed by atoms with van der Waals surface area (Å²) in [6.45, 7) is 2.63. The van der Waals surface area contributed by atoms with Crippen LogP contribution in [0.1, 0.15) is 37.0 Å². The summed E-state index contributed by atoms with van der Waals surface area (Å²) < 4.78 is 5.85. The lowest BCUT2D eigenvalue weighted by molar-refractivity contribution is 0.0345. The molecule has 15 heavy (non-hydrogen) atoms. The molecule has 1 unspecified atom stereocenters. The predicted molar refractivity (Wildman–Crippen MR) is 61.7 cm³/mol. The lowest BCUT2D eigenvalue weighted by Gasteiger charge is -2.26. The molecule has 2 rings (SSSR count). The zero-order valence-electron chi connectivity index (χ0n) is 9.28. The third-order valence-electron chi connectivity index (χ3n) is 2.87. The van der Waals surface area contributed by atoms with Gasteiger partial charge in [-0.3, -0.25) is 0 Å². The van der Waals surface area contributed by atoms with Gasteiger partial charge in [0.25, 0.3) is 0 Å². The van der Waals surface area contributed by atoms with Crippen molar-refractivity contribution in [2.45, 2.75) is 38.3 Å². The van der Waals surface area contributed by atoms with Crippen LogP contribution in [0.25, 0.3) is 0 Å². The number of fused-ring (bicyclic) bond motifs is 1. The fourth-order valence-corrected chi connectivity index (χ4v) is 2.15. The molecule has 0 saturated carbocycles. The molecule has 1 aromatic carbocycles. The molecule has 2 N–H and O–H groups in total. The standard InChI is InChI=1S/C13H19NO/c1-10(14)9-15-13-8-4-6-11-5-2-3-7-12(11)13/h2-3,5,7,10,13H,4,6,8-9,14H2,1H3/t10-,13?/m0/s1. The van der Waals surface area contributed by atoms with E-state index in [1.54, 1.807) is 0 Å². The summed E-state index contributed by atoms with van der Waals surface area (Å²) in [7, 11) is 0. The zero-order valence-corrected chi connectivity index (χ0v) is 9.28. The number of ether oxygens (including phenoxy) is 1. The summed E-state index contributed by atoms with van der Waals surface area (Å²) in [5.41, 5.74) is 8.51. The summed E-state index contributed by atoms with van der Waals surface area (Å²) in [6, 6.07) is 8.70. The van der Waals surface area contributed by atoms with Crippen molar-refractivity contribution in [2.75, 3.05) is 6.61 Å². The average Bonchev–Trinajstić information content (AvgIpc) is 2.26. The lowest BCUT2D eigenvalue weighted by atomic mass is 9.89. The van der Waals surface area contributed by atoms with E-state index in [1.807, 2.05) is 6.92 Å². The summed E-state index contributed by atoms with van der Waals surface area (Å²) in [4.78, 5) is 0. The highest BCUT2D eigenvalue weighted by atomic mass is 16.5. The van der Waals surface area contributed by atoms with E-state index in [4.69, 9.17) is 10.5 Å². The van der Waals surface area contributed by atoms with Gasteiger partial charge in [0.1, 0.15) is 0 Å². The Morgan fingerprint density at radius 2 is 2.27 bits per heavy atom. The topological polar surface area (TPSA) is 35.2 Å². The molecule has 0 aliphatic heterocycles. The second-order valence-corrected chi connectivity index (χ2v) is 4.39. The normalized spacial score (nSPS) is 22.1. The van der Waals surface area contributed by atoms with Crippen LogP contribution in [0, 0.1) is 0 Å². The number of aryl methyl sites for hydroxylation is 1. The van der Waals surface area contributed by atoms with E-state index in [0.717, 1.165) is 6.42 Å². The molecular formula is C13H19NO. The van der Waals surface area contributed by atoms with Crippen molar-refractivity contribution in [2.24, 2.45) is 5.73 Å². The van der Waals surface area contributed by atoms with Gasteiger partial charge in [0, 0.05) is 6.04 Å².